The zero-order valence-corrected chi connectivity index (χ0v) is 13.3. The summed E-state index contributed by atoms with van der Waals surface area (Å²) >= 11 is 0. The van der Waals surface area contributed by atoms with Gasteiger partial charge in [-0.3, -0.25) is 9.78 Å². The second-order valence-electron chi connectivity index (χ2n) is 5.81. The van der Waals surface area contributed by atoms with Gasteiger partial charge in [0.25, 0.3) is 0 Å². The number of anilines is 2. The molecule has 1 atom stereocenters. The molecule has 2 N–H and O–H groups in total. The first-order valence-electron chi connectivity index (χ1n) is 8.04. The van der Waals surface area contributed by atoms with Crippen molar-refractivity contribution in [1.82, 2.24) is 9.88 Å². The Labute approximate surface area is 140 Å². The van der Waals surface area contributed by atoms with Crippen molar-refractivity contribution >= 4 is 23.3 Å². The zero-order chi connectivity index (χ0) is 16.8. The number of piperidine rings is 1. The SMILES string of the molecule is O=C(Nc1cccnc1)C1CCCN(C(=O)Nc2ccccc2)C1. The molecule has 0 bridgehead atoms. The van der Waals surface area contributed by atoms with Gasteiger partial charge in [0.2, 0.25) is 5.91 Å². The van der Waals surface area contributed by atoms with Gasteiger partial charge in [-0.15, -0.1) is 0 Å². The predicted molar refractivity (Wildman–Crippen MR) is 92.6 cm³/mol. The number of amides is 3. The molecule has 2 heterocycles. The Hall–Kier alpha value is -2.89. The first kappa shape index (κ1) is 16.0. The average Bonchev–Trinajstić information content (AvgIpc) is 2.63. The third-order valence-corrected chi connectivity index (χ3v) is 4.03. The maximum absolute atomic E-state index is 12.4. The summed E-state index contributed by atoms with van der Waals surface area (Å²) in [5.74, 6) is -0.277. The minimum absolute atomic E-state index is 0.0692. The first-order valence-corrected chi connectivity index (χ1v) is 8.04. The van der Waals surface area contributed by atoms with E-state index in [1.54, 1.807) is 29.4 Å². The smallest absolute Gasteiger partial charge is 0.321 e. The van der Waals surface area contributed by atoms with Gasteiger partial charge in [0.1, 0.15) is 0 Å². The molecule has 2 aromatic rings. The van der Waals surface area contributed by atoms with Crippen LogP contribution in [-0.4, -0.2) is 34.9 Å². The van der Waals surface area contributed by atoms with Gasteiger partial charge >= 0.3 is 6.03 Å². The highest BCUT2D eigenvalue weighted by atomic mass is 16.2. The van der Waals surface area contributed by atoms with Crippen molar-refractivity contribution in [3.05, 3.63) is 54.9 Å². The third-order valence-electron chi connectivity index (χ3n) is 4.03. The maximum atomic E-state index is 12.4. The van der Waals surface area contributed by atoms with E-state index in [0.717, 1.165) is 18.5 Å². The van der Waals surface area contributed by atoms with Gasteiger partial charge in [-0.2, -0.15) is 0 Å². The number of aromatic nitrogens is 1. The fourth-order valence-electron chi connectivity index (χ4n) is 2.78. The lowest BCUT2D eigenvalue weighted by molar-refractivity contribution is -0.121. The summed E-state index contributed by atoms with van der Waals surface area (Å²) in [6, 6.07) is 12.7. The fraction of sp³-hybridized carbons (Fsp3) is 0.278. The monoisotopic (exact) mass is 324 g/mol. The molecule has 124 valence electrons. The van der Waals surface area contributed by atoms with Crippen LogP contribution in [0, 0.1) is 5.92 Å². The van der Waals surface area contributed by atoms with Crippen LogP contribution in [0.25, 0.3) is 0 Å². The average molecular weight is 324 g/mol. The normalized spacial score (nSPS) is 17.2. The molecule has 6 heteroatoms. The van der Waals surface area contributed by atoms with E-state index in [9.17, 15) is 9.59 Å². The molecular formula is C18H20N4O2. The highest BCUT2D eigenvalue weighted by molar-refractivity contribution is 5.94. The largest absolute Gasteiger partial charge is 0.324 e. The van der Waals surface area contributed by atoms with Crippen molar-refractivity contribution in [3.8, 4) is 0 Å². The number of urea groups is 1. The number of nitrogens with one attached hydrogen (secondary N) is 2. The van der Waals surface area contributed by atoms with Gasteiger partial charge in [0, 0.05) is 25.0 Å². The summed E-state index contributed by atoms with van der Waals surface area (Å²) in [5.41, 5.74) is 1.43. The molecule has 1 aromatic heterocycles. The van der Waals surface area contributed by atoms with E-state index in [0.29, 0.717) is 18.8 Å². The lowest BCUT2D eigenvalue weighted by Gasteiger charge is -2.32. The third kappa shape index (κ3) is 4.10. The van der Waals surface area contributed by atoms with Gasteiger partial charge in [0.05, 0.1) is 17.8 Å². The summed E-state index contributed by atoms with van der Waals surface area (Å²) < 4.78 is 0. The van der Waals surface area contributed by atoms with Crippen molar-refractivity contribution in [2.45, 2.75) is 12.8 Å². The highest BCUT2D eigenvalue weighted by Gasteiger charge is 2.28. The molecule has 0 saturated carbocycles. The summed E-state index contributed by atoms with van der Waals surface area (Å²) in [6.45, 7) is 1.08. The van der Waals surface area contributed by atoms with Crippen molar-refractivity contribution in [3.63, 3.8) is 0 Å². The summed E-state index contributed by atoms with van der Waals surface area (Å²) in [6.07, 6.45) is 4.86. The van der Waals surface area contributed by atoms with E-state index in [-0.39, 0.29) is 17.9 Å². The van der Waals surface area contributed by atoms with Gasteiger partial charge in [-0.25, -0.2) is 4.79 Å². The van der Waals surface area contributed by atoms with E-state index in [2.05, 4.69) is 15.6 Å². The Balaban J connectivity index is 1.57. The van der Waals surface area contributed by atoms with Gasteiger partial charge in [-0.05, 0) is 37.1 Å². The molecule has 1 aliphatic rings. The summed E-state index contributed by atoms with van der Waals surface area (Å²) in [7, 11) is 0. The number of para-hydroxylation sites is 1. The number of nitrogens with zero attached hydrogens (tertiary/aromatic N) is 2. The van der Waals surface area contributed by atoms with E-state index >= 15 is 0 Å². The van der Waals surface area contributed by atoms with Crippen LogP contribution < -0.4 is 10.6 Å². The van der Waals surface area contributed by atoms with Crippen LogP contribution in [0.4, 0.5) is 16.2 Å². The van der Waals surface area contributed by atoms with Crippen LogP contribution >= 0.6 is 0 Å². The Kier molecular flexibility index (Phi) is 5.05. The Bertz CT molecular complexity index is 631. The van der Waals surface area contributed by atoms with Crippen LogP contribution in [0.2, 0.25) is 0 Å². The molecule has 0 radical (unpaired) electrons. The number of hydrogen-bond acceptors (Lipinski definition) is 3. The molecule has 1 aliphatic heterocycles. The zero-order valence-electron chi connectivity index (χ0n) is 13.3. The number of likely N-dealkylation sites (tertiary alicyclic amines) is 1. The van der Waals surface area contributed by atoms with Crippen molar-refractivity contribution in [1.29, 1.82) is 0 Å². The van der Waals surface area contributed by atoms with Crippen LogP contribution in [0.5, 0.6) is 0 Å². The number of rotatable bonds is 3. The molecule has 1 fully saturated rings. The first-order chi connectivity index (χ1) is 11.7. The quantitative estimate of drug-likeness (QED) is 0.911. The number of pyridine rings is 1. The topological polar surface area (TPSA) is 74.3 Å². The lowest BCUT2D eigenvalue weighted by atomic mass is 9.97. The van der Waals surface area contributed by atoms with Crippen molar-refractivity contribution in [2.24, 2.45) is 5.92 Å². The van der Waals surface area contributed by atoms with Crippen molar-refractivity contribution in [2.75, 3.05) is 23.7 Å². The molecule has 0 aliphatic carbocycles. The summed E-state index contributed by atoms with van der Waals surface area (Å²) in [5, 5.41) is 5.73. The minimum Gasteiger partial charge on any atom is -0.324 e. The van der Waals surface area contributed by atoms with Gasteiger partial charge in [0.15, 0.2) is 0 Å². The molecule has 3 amide bonds. The second-order valence-corrected chi connectivity index (χ2v) is 5.81. The Morgan fingerprint density at radius 2 is 1.83 bits per heavy atom. The number of carbonyl (C=O) groups excluding carboxylic acids is 2. The Morgan fingerprint density at radius 3 is 2.58 bits per heavy atom. The number of hydrogen-bond donors (Lipinski definition) is 2. The minimum atomic E-state index is -0.208. The van der Waals surface area contributed by atoms with Crippen LogP contribution in [0.15, 0.2) is 54.9 Å². The molecule has 1 saturated heterocycles. The van der Waals surface area contributed by atoms with Crippen LogP contribution in [0.1, 0.15) is 12.8 Å². The van der Waals surface area contributed by atoms with Crippen LogP contribution in [0.3, 0.4) is 0 Å². The summed E-state index contributed by atoms with van der Waals surface area (Å²) in [4.78, 5) is 30.4. The highest BCUT2D eigenvalue weighted by Crippen LogP contribution is 2.19. The Morgan fingerprint density at radius 1 is 1.04 bits per heavy atom. The number of carbonyl (C=O) groups is 2. The molecule has 0 spiro atoms. The molecule has 3 rings (SSSR count). The number of benzene rings is 1. The molecule has 24 heavy (non-hydrogen) atoms. The van der Waals surface area contributed by atoms with E-state index in [1.807, 2.05) is 30.3 Å². The lowest BCUT2D eigenvalue weighted by Crippen LogP contribution is -2.45. The van der Waals surface area contributed by atoms with E-state index < -0.39 is 0 Å². The standard InChI is InChI=1S/C18H20N4O2/c23-17(20-16-9-4-10-19-12-16)14-6-5-11-22(13-14)18(24)21-15-7-2-1-3-8-15/h1-4,7-10,12,14H,5-6,11,13H2,(H,20,23)(H,21,24). The van der Waals surface area contributed by atoms with E-state index in [1.165, 1.54) is 0 Å². The second kappa shape index (κ2) is 7.59. The van der Waals surface area contributed by atoms with Crippen molar-refractivity contribution < 1.29 is 9.59 Å². The van der Waals surface area contributed by atoms with Crippen LogP contribution in [-0.2, 0) is 4.79 Å². The maximum Gasteiger partial charge on any atom is 0.321 e. The van der Waals surface area contributed by atoms with E-state index in [4.69, 9.17) is 0 Å². The molecular weight excluding hydrogens is 304 g/mol. The molecule has 1 unspecified atom stereocenters. The molecule has 6 nitrogen and oxygen atoms in total. The van der Waals surface area contributed by atoms with Gasteiger partial charge < -0.3 is 15.5 Å². The van der Waals surface area contributed by atoms with Gasteiger partial charge in [-0.1, -0.05) is 18.2 Å². The fourth-order valence-corrected chi connectivity index (χ4v) is 2.78. The molecule has 1 aromatic carbocycles. The predicted octanol–water partition coefficient (Wildman–Crippen LogP) is 2.96.